The van der Waals surface area contributed by atoms with Crippen LogP contribution in [0.2, 0.25) is 0 Å². The quantitative estimate of drug-likeness (QED) is 0.928. The van der Waals surface area contributed by atoms with Gasteiger partial charge in [0.05, 0.1) is 17.3 Å². The zero-order chi connectivity index (χ0) is 17.3. The number of H-pyrrole nitrogens is 1. The van der Waals surface area contributed by atoms with Crippen molar-refractivity contribution in [1.82, 2.24) is 29.9 Å². The average molecular weight is 342 g/mol. The zero-order valence-corrected chi connectivity index (χ0v) is 13.0. The van der Waals surface area contributed by atoms with E-state index in [0.717, 1.165) is 30.1 Å². The first-order valence-corrected chi connectivity index (χ1v) is 7.62. The third-order valence-electron chi connectivity index (χ3n) is 4.03. The normalized spacial score (nSPS) is 18.8. The molecule has 2 aromatic rings. The fraction of sp³-hybridized carbons (Fsp3) is 0.571. The predicted molar refractivity (Wildman–Crippen MR) is 77.0 cm³/mol. The molecule has 0 bridgehead atoms. The number of piperidine rings is 1. The van der Waals surface area contributed by atoms with Gasteiger partial charge in [-0.2, -0.15) is 23.4 Å². The summed E-state index contributed by atoms with van der Waals surface area (Å²) in [6.07, 6.45) is 0.674. The molecule has 0 unspecified atom stereocenters. The molecule has 1 amide bonds. The highest BCUT2D eigenvalue weighted by Crippen LogP contribution is 2.30. The number of aromatic nitrogens is 5. The monoisotopic (exact) mass is 342 g/mol. The van der Waals surface area contributed by atoms with Gasteiger partial charge in [0.2, 0.25) is 0 Å². The van der Waals surface area contributed by atoms with Crippen molar-refractivity contribution in [3.8, 4) is 0 Å². The van der Waals surface area contributed by atoms with Gasteiger partial charge in [0.15, 0.2) is 0 Å². The molecule has 7 nitrogen and oxygen atoms in total. The van der Waals surface area contributed by atoms with Gasteiger partial charge in [-0.25, -0.2) is 4.98 Å². The maximum atomic E-state index is 12.8. The second-order valence-electron chi connectivity index (χ2n) is 5.82. The summed E-state index contributed by atoms with van der Waals surface area (Å²) < 4.78 is 38.3. The lowest BCUT2D eigenvalue weighted by atomic mass is 10.0. The van der Waals surface area contributed by atoms with Crippen molar-refractivity contribution < 1.29 is 18.0 Å². The molecule has 0 aliphatic carbocycles. The Hall–Kier alpha value is -2.39. The van der Waals surface area contributed by atoms with Gasteiger partial charge >= 0.3 is 6.18 Å². The lowest BCUT2D eigenvalue weighted by molar-refractivity contribution is -0.142. The summed E-state index contributed by atoms with van der Waals surface area (Å²) in [6, 6.07) is -0.251. The van der Waals surface area contributed by atoms with Crippen molar-refractivity contribution in [1.29, 1.82) is 0 Å². The maximum Gasteiger partial charge on any atom is 0.408 e. The number of alkyl halides is 3. The van der Waals surface area contributed by atoms with Gasteiger partial charge in [0, 0.05) is 12.7 Å². The largest absolute Gasteiger partial charge is 0.408 e. The molecule has 10 heteroatoms. The van der Waals surface area contributed by atoms with Crippen LogP contribution in [0.15, 0.2) is 12.5 Å². The second-order valence-corrected chi connectivity index (χ2v) is 5.82. The standard InChI is InChI=1S/C14H17F3N6O/c1-9-10(6-22(21-9)7-14(15,16)17)13(24)23-5-3-2-4-11(23)12-18-8-19-20-12/h6,8,11H,2-5,7H2,1H3,(H,18,19,20)/t11-/m0/s1. The molecule has 0 aromatic carbocycles. The van der Waals surface area contributed by atoms with Gasteiger partial charge in [-0.1, -0.05) is 0 Å². The first-order valence-electron chi connectivity index (χ1n) is 7.62. The number of carbonyl (C=O) groups excluding carboxylic acids is 1. The molecule has 130 valence electrons. The van der Waals surface area contributed by atoms with Crippen molar-refractivity contribution in [2.24, 2.45) is 0 Å². The number of aryl methyl sites for hydroxylation is 1. The molecule has 1 aliphatic heterocycles. The van der Waals surface area contributed by atoms with Crippen LogP contribution in [0.25, 0.3) is 0 Å². The summed E-state index contributed by atoms with van der Waals surface area (Å²) >= 11 is 0. The van der Waals surface area contributed by atoms with Crippen LogP contribution < -0.4 is 0 Å². The number of likely N-dealkylation sites (tertiary alicyclic amines) is 1. The first kappa shape index (κ1) is 16.5. The minimum absolute atomic E-state index is 0.186. The zero-order valence-electron chi connectivity index (χ0n) is 13.0. The van der Waals surface area contributed by atoms with E-state index in [1.807, 2.05) is 0 Å². The molecule has 24 heavy (non-hydrogen) atoms. The molecule has 0 spiro atoms. The van der Waals surface area contributed by atoms with Crippen LogP contribution in [0.3, 0.4) is 0 Å². The van der Waals surface area contributed by atoms with Gasteiger partial charge in [-0.3, -0.25) is 14.6 Å². The Labute approximate surface area is 135 Å². The number of nitrogens with one attached hydrogen (secondary N) is 1. The SMILES string of the molecule is Cc1nn(CC(F)(F)F)cc1C(=O)N1CCCC[C@H]1c1ncn[nH]1. The van der Waals surface area contributed by atoms with Crippen molar-refractivity contribution in [3.63, 3.8) is 0 Å². The summed E-state index contributed by atoms with van der Waals surface area (Å²) in [6.45, 7) is 0.842. The van der Waals surface area contributed by atoms with Crippen LogP contribution in [0.1, 0.15) is 47.2 Å². The minimum atomic E-state index is -4.38. The Bertz CT molecular complexity index is 709. The van der Waals surface area contributed by atoms with E-state index in [1.54, 1.807) is 4.90 Å². The Morgan fingerprint density at radius 2 is 2.21 bits per heavy atom. The molecule has 0 radical (unpaired) electrons. The molecule has 1 saturated heterocycles. The first-order chi connectivity index (χ1) is 11.3. The Kier molecular flexibility index (Phi) is 4.29. The van der Waals surface area contributed by atoms with Crippen molar-refractivity contribution >= 4 is 5.91 Å². The number of halogens is 3. The number of hydrogen-bond donors (Lipinski definition) is 1. The summed E-state index contributed by atoms with van der Waals surface area (Å²) in [5.41, 5.74) is 0.469. The van der Waals surface area contributed by atoms with Gasteiger partial charge < -0.3 is 4.90 Å². The predicted octanol–water partition coefficient (Wildman–Crippen LogP) is 2.24. The number of nitrogens with zero attached hydrogens (tertiary/aromatic N) is 5. The molecule has 1 fully saturated rings. The molecule has 1 aliphatic rings. The third kappa shape index (κ3) is 3.41. The topological polar surface area (TPSA) is 79.7 Å². The van der Waals surface area contributed by atoms with Crippen LogP contribution in [-0.4, -0.2) is 48.5 Å². The van der Waals surface area contributed by atoms with E-state index in [-0.39, 0.29) is 23.2 Å². The van der Waals surface area contributed by atoms with Crippen molar-refractivity contribution in [2.75, 3.05) is 6.54 Å². The summed E-state index contributed by atoms with van der Waals surface area (Å²) in [4.78, 5) is 18.6. The maximum absolute atomic E-state index is 12.8. The van der Waals surface area contributed by atoms with Crippen LogP contribution >= 0.6 is 0 Å². The van der Waals surface area contributed by atoms with E-state index in [0.29, 0.717) is 12.4 Å². The molecule has 0 saturated carbocycles. The molecule has 1 atom stereocenters. The van der Waals surface area contributed by atoms with Crippen LogP contribution in [-0.2, 0) is 6.54 Å². The van der Waals surface area contributed by atoms with Crippen LogP contribution in [0.5, 0.6) is 0 Å². The van der Waals surface area contributed by atoms with E-state index in [1.165, 1.54) is 13.3 Å². The number of hydrogen-bond acceptors (Lipinski definition) is 4. The third-order valence-corrected chi connectivity index (χ3v) is 4.03. The lowest BCUT2D eigenvalue weighted by Gasteiger charge is -2.34. The van der Waals surface area contributed by atoms with E-state index in [2.05, 4.69) is 20.3 Å². The summed E-state index contributed by atoms with van der Waals surface area (Å²) in [5.74, 6) is 0.255. The second kappa shape index (κ2) is 6.25. The molecule has 2 aromatic heterocycles. The fourth-order valence-electron chi connectivity index (χ4n) is 2.98. The molecule has 1 N–H and O–H groups in total. The smallest absolute Gasteiger partial charge is 0.328 e. The number of carbonyl (C=O) groups is 1. The number of amides is 1. The number of rotatable bonds is 3. The minimum Gasteiger partial charge on any atom is -0.328 e. The van der Waals surface area contributed by atoms with Gasteiger partial charge in [0.25, 0.3) is 5.91 Å². The van der Waals surface area contributed by atoms with E-state index in [9.17, 15) is 18.0 Å². The van der Waals surface area contributed by atoms with E-state index in [4.69, 9.17) is 0 Å². The van der Waals surface area contributed by atoms with Gasteiger partial charge in [-0.15, -0.1) is 0 Å². The highest BCUT2D eigenvalue weighted by Gasteiger charge is 2.33. The highest BCUT2D eigenvalue weighted by molar-refractivity contribution is 5.95. The van der Waals surface area contributed by atoms with Gasteiger partial charge in [-0.05, 0) is 26.2 Å². The Morgan fingerprint density at radius 3 is 2.88 bits per heavy atom. The van der Waals surface area contributed by atoms with Crippen molar-refractivity contribution in [2.45, 2.75) is 44.9 Å². The van der Waals surface area contributed by atoms with Gasteiger partial charge in [0.1, 0.15) is 18.7 Å². The Balaban J connectivity index is 1.84. The lowest BCUT2D eigenvalue weighted by Crippen LogP contribution is -2.39. The molecule has 3 heterocycles. The molecule has 3 rings (SSSR count). The highest BCUT2D eigenvalue weighted by atomic mass is 19.4. The van der Waals surface area contributed by atoms with E-state index >= 15 is 0 Å². The fourth-order valence-corrected chi connectivity index (χ4v) is 2.98. The summed E-state index contributed by atoms with van der Waals surface area (Å²) in [7, 11) is 0. The van der Waals surface area contributed by atoms with Crippen LogP contribution in [0, 0.1) is 6.92 Å². The van der Waals surface area contributed by atoms with E-state index < -0.39 is 12.7 Å². The Morgan fingerprint density at radius 1 is 1.42 bits per heavy atom. The molecular formula is C14H17F3N6O. The van der Waals surface area contributed by atoms with Crippen molar-refractivity contribution in [3.05, 3.63) is 29.6 Å². The van der Waals surface area contributed by atoms with Crippen LogP contribution in [0.4, 0.5) is 13.2 Å². The average Bonchev–Trinajstić information content (AvgIpc) is 3.15. The number of aromatic amines is 1. The molecular weight excluding hydrogens is 325 g/mol. The summed E-state index contributed by atoms with van der Waals surface area (Å²) in [5, 5.41) is 10.4.